The van der Waals surface area contributed by atoms with Gasteiger partial charge in [0.15, 0.2) is 8.07 Å². The monoisotopic (exact) mass is 632 g/mol. The Morgan fingerprint density at radius 3 is 1.00 bits per heavy atom. The molecule has 0 aliphatic heterocycles. The molecular weight excluding hydrogens is 569 g/mol. The van der Waals surface area contributed by atoms with E-state index in [1.54, 1.807) is 26.7 Å². The third-order valence-electron chi connectivity index (χ3n) is 12.3. The van der Waals surface area contributed by atoms with E-state index in [1.807, 2.05) is 0 Å². The minimum atomic E-state index is -2.74. The molecule has 3 aromatic rings. The SMILES string of the molecule is CCC(C)c1cc(C(C)CC)cc([Si](c2cc(C)cc(C)c2)(c2cc(C(C)CC)cc(C(C)CC)c2)C2C(C)=C(C)C(C)=C2C)c1. The van der Waals surface area contributed by atoms with Crippen molar-refractivity contribution < 1.29 is 0 Å². The van der Waals surface area contributed by atoms with E-state index in [-0.39, 0.29) is 0 Å². The van der Waals surface area contributed by atoms with Crippen LogP contribution < -0.4 is 15.6 Å². The lowest BCUT2D eigenvalue weighted by Crippen LogP contribution is -2.70. The summed E-state index contributed by atoms with van der Waals surface area (Å²) in [6, 6.07) is 23.4. The van der Waals surface area contributed by atoms with Crippen LogP contribution in [0.3, 0.4) is 0 Å². The fourth-order valence-corrected chi connectivity index (χ4v) is 14.3. The van der Waals surface area contributed by atoms with Gasteiger partial charge in [0.05, 0.1) is 0 Å². The highest BCUT2D eigenvalue weighted by molar-refractivity contribution is 7.13. The molecule has 0 saturated heterocycles. The first-order valence-corrected chi connectivity index (χ1v) is 20.6. The molecule has 1 heteroatoms. The van der Waals surface area contributed by atoms with E-state index in [4.69, 9.17) is 0 Å². The van der Waals surface area contributed by atoms with Crippen LogP contribution >= 0.6 is 0 Å². The van der Waals surface area contributed by atoms with Gasteiger partial charge in [0, 0.05) is 5.54 Å². The van der Waals surface area contributed by atoms with Crippen LogP contribution in [0.1, 0.15) is 166 Å². The summed E-state index contributed by atoms with van der Waals surface area (Å²) in [4.78, 5) is 0. The molecule has 0 aromatic heterocycles. The van der Waals surface area contributed by atoms with Gasteiger partial charge in [-0.05, 0) is 140 Å². The first-order chi connectivity index (χ1) is 21.7. The molecule has 1 aliphatic carbocycles. The molecule has 248 valence electrons. The topological polar surface area (TPSA) is 0 Å². The molecule has 0 N–H and O–H groups in total. The van der Waals surface area contributed by atoms with Crippen LogP contribution in [0.15, 0.2) is 76.9 Å². The summed E-state index contributed by atoms with van der Waals surface area (Å²) in [6.45, 7) is 33.5. The molecule has 0 amide bonds. The van der Waals surface area contributed by atoms with Gasteiger partial charge >= 0.3 is 0 Å². The summed E-state index contributed by atoms with van der Waals surface area (Å²) in [7, 11) is -2.74. The molecule has 0 fully saturated rings. The molecule has 0 nitrogen and oxygen atoms in total. The summed E-state index contributed by atoms with van der Waals surface area (Å²) in [6.07, 6.45) is 4.62. The Morgan fingerprint density at radius 1 is 0.435 bits per heavy atom. The van der Waals surface area contributed by atoms with Crippen molar-refractivity contribution in [3.63, 3.8) is 0 Å². The number of hydrogen-bond donors (Lipinski definition) is 0. The molecule has 0 spiro atoms. The molecule has 46 heavy (non-hydrogen) atoms. The van der Waals surface area contributed by atoms with E-state index in [1.165, 1.54) is 44.5 Å². The second-order valence-electron chi connectivity index (χ2n) is 15.2. The largest absolute Gasteiger partial charge is 0.159 e. The van der Waals surface area contributed by atoms with Crippen molar-refractivity contribution in [1.82, 2.24) is 0 Å². The fraction of sp³-hybridized carbons (Fsp3) is 0.511. The number of allylic oxidation sites excluding steroid dienone is 4. The van der Waals surface area contributed by atoms with Crippen molar-refractivity contribution in [3.8, 4) is 0 Å². The van der Waals surface area contributed by atoms with Crippen molar-refractivity contribution in [2.75, 3.05) is 0 Å². The highest BCUT2D eigenvalue weighted by Crippen LogP contribution is 2.47. The first kappa shape index (κ1) is 36.2. The third kappa shape index (κ3) is 6.56. The zero-order chi connectivity index (χ0) is 34.1. The lowest BCUT2D eigenvalue weighted by atomic mass is 9.91. The van der Waals surface area contributed by atoms with E-state index >= 15 is 0 Å². The molecule has 0 bridgehead atoms. The van der Waals surface area contributed by atoms with E-state index < -0.39 is 8.07 Å². The van der Waals surface area contributed by atoms with Gasteiger partial charge in [-0.15, -0.1) is 0 Å². The Kier molecular flexibility index (Phi) is 11.5. The standard InChI is InChI=1S/C45H64Si/c1-15-30(7)38-22-39(31(8)16-2)25-43(24-38)46(42-20-28(5)19-29(6)21-42,45-36(13)34(11)35(12)37(45)14)44-26-40(32(9)17-3)23-41(27-44)33(10)18-4/h19-27,30-33,45H,15-18H2,1-14H3. The molecule has 0 radical (unpaired) electrons. The van der Waals surface area contributed by atoms with Crippen LogP contribution in [-0.2, 0) is 0 Å². The summed E-state index contributed by atoms with van der Waals surface area (Å²) < 4.78 is 0. The Labute approximate surface area is 284 Å². The maximum atomic E-state index is 2.69. The van der Waals surface area contributed by atoms with Gasteiger partial charge in [0.1, 0.15) is 0 Å². The highest BCUT2D eigenvalue weighted by atomic mass is 28.3. The molecule has 0 heterocycles. The number of benzene rings is 3. The number of hydrogen-bond acceptors (Lipinski definition) is 0. The summed E-state index contributed by atoms with van der Waals surface area (Å²) in [5.74, 6) is 2.10. The van der Waals surface area contributed by atoms with Gasteiger partial charge in [0.2, 0.25) is 0 Å². The van der Waals surface area contributed by atoms with Gasteiger partial charge in [-0.3, -0.25) is 0 Å². The molecule has 4 unspecified atom stereocenters. The van der Waals surface area contributed by atoms with Crippen molar-refractivity contribution in [1.29, 1.82) is 0 Å². The minimum Gasteiger partial charge on any atom is -0.0648 e. The van der Waals surface area contributed by atoms with Crippen molar-refractivity contribution in [2.24, 2.45) is 0 Å². The van der Waals surface area contributed by atoms with Crippen LogP contribution in [0, 0.1) is 13.8 Å². The smallest absolute Gasteiger partial charge is 0.0648 e. The quantitative estimate of drug-likeness (QED) is 0.138. The van der Waals surface area contributed by atoms with Gasteiger partial charge in [-0.2, -0.15) is 0 Å². The van der Waals surface area contributed by atoms with Crippen molar-refractivity contribution in [3.05, 3.63) is 110 Å². The summed E-state index contributed by atoms with van der Waals surface area (Å²) >= 11 is 0. The van der Waals surface area contributed by atoms with E-state index in [0.717, 1.165) is 25.7 Å². The molecule has 4 atom stereocenters. The van der Waals surface area contributed by atoms with E-state index in [9.17, 15) is 0 Å². The Bertz CT molecular complexity index is 1450. The lowest BCUT2D eigenvalue weighted by molar-refractivity contribution is 0.711. The van der Waals surface area contributed by atoms with Crippen LogP contribution in [0.2, 0.25) is 5.54 Å². The zero-order valence-corrected chi connectivity index (χ0v) is 32.9. The molecule has 4 rings (SSSR count). The molecule has 0 saturated carbocycles. The second kappa shape index (κ2) is 14.6. The predicted molar refractivity (Wildman–Crippen MR) is 209 cm³/mol. The number of rotatable bonds is 12. The molecule has 1 aliphatic rings. The van der Waals surface area contributed by atoms with Crippen LogP contribution in [0.5, 0.6) is 0 Å². The lowest BCUT2D eigenvalue weighted by Gasteiger charge is -2.43. The second-order valence-corrected chi connectivity index (χ2v) is 19.2. The Hall–Kier alpha value is -2.64. The summed E-state index contributed by atoms with van der Waals surface area (Å²) in [5, 5.41) is 4.78. The highest BCUT2D eigenvalue weighted by Gasteiger charge is 2.51. The van der Waals surface area contributed by atoms with Gasteiger partial charge in [-0.25, -0.2) is 0 Å². The van der Waals surface area contributed by atoms with Crippen LogP contribution in [-0.4, -0.2) is 8.07 Å². The fourth-order valence-electron chi connectivity index (χ4n) is 8.09. The van der Waals surface area contributed by atoms with Gasteiger partial charge < -0.3 is 0 Å². The third-order valence-corrected chi connectivity index (χ3v) is 17.6. The minimum absolute atomic E-state index is 0.377. The summed E-state index contributed by atoms with van der Waals surface area (Å²) in [5.41, 5.74) is 15.4. The molecular formula is C45H64Si. The Balaban J connectivity index is 2.35. The predicted octanol–water partition coefficient (Wildman–Crippen LogP) is 11.9. The van der Waals surface area contributed by atoms with E-state index in [0.29, 0.717) is 29.2 Å². The number of aryl methyl sites for hydroxylation is 2. The maximum Gasteiger partial charge on any atom is 0.159 e. The Morgan fingerprint density at radius 2 is 0.717 bits per heavy atom. The van der Waals surface area contributed by atoms with Crippen LogP contribution in [0.25, 0.3) is 0 Å². The van der Waals surface area contributed by atoms with Gasteiger partial charge in [0.25, 0.3) is 0 Å². The van der Waals surface area contributed by atoms with Crippen LogP contribution in [0.4, 0.5) is 0 Å². The molecule has 3 aromatic carbocycles. The average molecular weight is 633 g/mol. The first-order valence-electron chi connectivity index (χ1n) is 18.5. The van der Waals surface area contributed by atoms with E-state index in [2.05, 4.69) is 152 Å². The van der Waals surface area contributed by atoms with Gasteiger partial charge in [-0.1, -0.05) is 132 Å². The van der Waals surface area contributed by atoms with Crippen molar-refractivity contribution >= 4 is 23.6 Å². The van der Waals surface area contributed by atoms with Crippen molar-refractivity contribution in [2.45, 2.75) is 152 Å². The maximum absolute atomic E-state index is 2.74. The normalized spacial score (nSPS) is 18.1. The zero-order valence-electron chi connectivity index (χ0n) is 31.9. The average Bonchev–Trinajstić information content (AvgIpc) is 3.24.